The number of hydrogen-bond acceptors (Lipinski definition) is 1. The average Bonchev–Trinajstić information content (AvgIpc) is 3.05. The van der Waals surface area contributed by atoms with Crippen molar-refractivity contribution in [1.82, 2.24) is 0 Å². The summed E-state index contributed by atoms with van der Waals surface area (Å²) in [7, 11) is 0. The maximum atomic E-state index is 13.9. The summed E-state index contributed by atoms with van der Waals surface area (Å²) in [6.07, 6.45) is 7.69. The number of aliphatic imine (C=N–C) groups is 1. The molecule has 0 fully saturated rings. The Morgan fingerprint density at radius 2 is 1.75 bits per heavy atom. The molecule has 0 aromatic heterocycles. The van der Waals surface area contributed by atoms with Gasteiger partial charge in [-0.25, -0.2) is 8.78 Å². The lowest BCUT2D eigenvalue weighted by molar-refractivity contribution is 0.578. The molecular formula is C21H21F2N. The quantitative estimate of drug-likeness (QED) is 0.616. The highest BCUT2D eigenvalue weighted by molar-refractivity contribution is 6.02. The van der Waals surface area contributed by atoms with Crippen molar-refractivity contribution in [3.63, 3.8) is 0 Å². The van der Waals surface area contributed by atoms with E-state index in [-0.39, 0.29) is 11.6 Å². The third kappa shape index (κ3) is 3.61. The minimum Gasteiger partial charge on any atom is -0.281 e. The first kappa shape index (κ1) is 16.6. The fourth-order valence-corrected chi connectivity index (χ4v) is 3.06. The van der Waals surface area contributed by atoms with Crippen molar-refractivity contribution in [2.75, 3.05) is 0 Å². The van der Waals surface area contributed by atoms with E-state index < -0.39 is 11.6 Å². The Bertz CT molecular complexity index is 740. The molecule has 1 atom stereocenters. The van der Waals surface area contributed by atoms with Crippen LogP contribution < -0.4 is 0 Å². The number of rotatable bonds is 5. The maximum Gasteiger partial charge on any atom is 0.135 e. The van der Waals surface area contributed by atoms with Gasteiger partial charge in [0.05, 0.1) is 11.6 Å². The molecule has 3 heteroatoms. The molecule has 0 spiro atoms. The monoisotopic (exact) mass is 325 g/mol. The molecule has 0 bridgehead atoms. The normalized spacial score (nSPS) is 17.5. The Morgan fingerprint density at radius 1 is 1.04 bits per heavy atom. The molecule has 0 amide bonds. The summed E-state index contributed by atoms with van der Waals surface area (Å²) < 4.78 is 27.8. The van der Waals surface area contributed by atoms with E-state index in [0.29, 0.717) is 12.1 Å². The molecule has 3 rings (SSSR count). The molecule has 1 unspecified atom stereocenters. The highest BCUT2D eigenvalue weighted by atomic mass is 19.1. The summed E-state index contributed by atoms with van der Waals surface area (Å²) in [6, 6.07) is 12.3. The largest absolute Gasteiger partial charge is 0.281 e. The summed E-state index contributed by atoms with van der Waals surface area (Å²) in [5.74, 6) is -1.07. The van der Waals surface area contributed by atoms with Gasteiger partial charge in [-0.05, 0) is 48.9 Å². The van der Waals surface area contributed by atoms with E-state index in [4.69, 9.17) is 0 Å². The Labute approximate surface area is 141 Å². The number of allylic oxidation sites excluding steroid dienone is 2. The summed E-state index contributed by atoms with van der Waals surface area (Å²) in [5.41, 5.74) is 2.92. The lowest BCUT2D eigenvalue weighted by Crippen LogP contribution is -2.03. The van der Waals surface area contributed by atoms with Crippen LogP contribution in [-0.2, 0) is 6.42 Å². The van der Waals surface area contributed by atoms with E-state index in [0.717, 1.165) is 24.8 Å². The molecular weight excluding hydrogens is 304 g/mol. The zero-order chi connectivity index (χ0) is 16.9. The first-order valence-electron chi connectivity index (χ1n) is 8.44. The third-order valence-corrected chi connectivity index (χ3v) is 4.34. The van der Waals surface area contributed by atoms with Crippen LogP contribution in [0.2, 0.25) is 0 Å². The van der Waals surface area contributed by atoms with Crippen molar-refractivity contribution in [2.24, 2.45) is 4.99 Å². The minimum absolute atomic E-state index is 0.0146. The van der Waals surface area contributed by atoms with E-state index in [1.54, 1.807) is 0 Å². The van der Waals surface area contributed by atoms with Crippen molar-refractivity contribution in [2.45, 2.75) is 38.6 Å². The Balaban J connectivity index is 1.77. The third-order valence-electron chi connectivity index (χ3n) is 4.34. The highest BCUT2D eigenvalue weighted by Gasteiger charge is 2.24. The van der Waals surface area contributed by atoms with Gasteiger partial charge in [-0.2, -0.15) is 0 Å². The summed E-state index contributed by atoms with van der Waals surface area (Å²) in [5, 5.41) is 0. The van der Waals surface area contributed by atoms with E-state index in [1.165, 1.54) is 23.8 Å². The molecule has 1 aliphatic heterocycles. The van der Waals surface area contributed by atoms with Gasteiger partial charge in [-0.3, -0.25) is 4.99 Å². The second-order valence-corrected chi connectivity index (χ2v) is 6.05. The van der Waals surface area contributed by atoms with Crippen molar-refractivity contribution >= 4 is 5.71 Å². The van der Waals surface area contributed by atoms with Crippen LogP contribution in [0.25, 0.3) is 0 Å². The zero-order valence-electron chi connectivity index (χ0n) is 13.8. The van der Waals surface area contributed by atoms with Gasteiger partial charge < -0.3 is 0 Å². The number of nitrogens with zero attached hydrogens (tertiary/aromatic N) is 1. The van der Waals surface area contributed by atoms with E-state index in [9.17, 15) is 8.78 Å². The Kier molecular flexibility index (Phi) is 5.19. The van der Waals surface area contributed by atoms with Crippen LogP contribution in [0.5, 0.6) is 0 Å². The molecule has 0 N–H and O–H groups in total. The van der Waals surface area contributed by atoms with Gasteiger partial charge in [0, 0.05) is 5.71 Å². The van der Waals surface area contributed by atoms with Crippen LogP contribution in [0.3, 0.4) is 0 Å². The van der Waals surface area contributed by atoms with Crippen molar-refractivity contribution in [3.8, 4) is 0 Å². The van der Waals surface area contributed by atoms with Crippen LogP contribution in [-0.4, -0.2) is 5.71 Å². The molecule has 0 saturated heterocycles. The molecule has 1 nitrogen and oxygen atoms in total. The van der Waals surface area contributed by atoms with Crippen molar-refractivity contribution < 1.29 is 8.78 Å². The summed E-state index contributed by atoms with van der Waals surface area (Å²) in [6.45, 7) is 2.12. The van der Waals surface area contributed by atoms with Crippen LogP contribution in [0.15, 0.2) is 59.6 Å². The van der Waals surface area contributed by atoms with E-state index in [2.05, 4.69) is 48.3 Å². The number of hydrogen-bond donors (Lipinski definition) is 0. The SMILES string of the molecule is CC/C=C\Cc1ccc(C2CCC(c3c(F)cccc3F)=N2)cc1. The first-order valence-corrected chi connectivity index (χ1v) is 8.44. The molecule has 2 aromatic carbocycles. The van der Waals surface area contributed by atoms with Crippen molar-refractivity contribution in [3.05, 3.63) is 82.9 Å². The number of benzene rings is 2. The second-order valence-electron chi connectivity index (χ2n) is 6.05. The molecule has 1 heterocycles. The fraction of sp³-hybridized carbons (Fsp3) is 0.286. The molecule has 2 aromatic rings. The molecule has 0 radical (unpaired) electrons. The van der Waals surface area contributed by atoms with Gasteiger partial charge in [-0.15, -0.1) is 0 Å². The minimum atomic E-state index is -0.535. The zero-order valence-corrected chi connectivity index (χ0v) is 13.8. The standard InChI is InChI=1S/C21H21F2N/c1-2-3-4-6-15-9-11-16(12-10-15)19-13-14-20(24-19)21-17(22)7-5-8-18(21)23/h3-5,7-12,19H,2,6,13-14H2,1H3/b4-3-. The Morgan fingerprint density at radius 3 is 2.42 bits per heavy atom. The van der Waals surface area contributed by atoms with Gasteiger partial charge in [0.15, 0.2) is 0 Å². The molecule has 0 saturated carbocycles. The lowest BCUT2D eigenvalue weighted by Gasteiger charge is -2.07. The van der Waals surface area contributed by atoms with E-state index >= 15 is 0 Å². The van der Waals surface area contributed by atoms with Crippen LogP contribution >= 0.6 is 0 Å². The van der Waals surface area contributed by atoms with Crippen LogP contribution in [0, 0.1) is 11.6 Å². The van der Waals surface area contributed by atoms with Gasteiger partial charge in [0.25, 0.3) is 0 Å². The summed E-state index contributed by atoms with van der Waals surface area (Å²) >= 11 is 0. The van der Waals surface area contributed by atoms with Gasteiger partial charge >= 0.3 is 0 Å². The smallest absolute Gasteiger partial charge is 0.135 e. The maximum absolute atomic E-state index is 13.9. The molecule has 24 heavy (non-hydrogen) atoms. The first-order chi connectivity index (χ1) is 11.7. The molecule has 124 valence electrons. The van der Waals surface area contributed by atoms with Crippen LogP contribution in [0.4, 0.5) is 8.78 Å². The fourth-order valence-electron chi connectivity index (χ4n) is 3.06. The van der Waals surface area contributed by atoms with Crippen molar-refractivity contribution in [1.29, 1.82) is 0 Å². The van der Waals surface area contributed by atoms with Crippen LogP contribution in [0.1, 0.15) is 48.9 Å². The predicted molar refractivity (Wildman–Crippen MR) is 94.4 cm³/mol. The van der Waals surface area contributed by atoms with Gasteiger partial charge in [-0.1, -0.05) is 49.4 Å². The van der Waals surface area contributed by atoms with Gasteiger partial charge in [0.2, 0.25) is 0 Å². The number of halogens is 2. The predicted octanol–water partition coefficient (Wildman–Crippen LogP) is 5.80. The second kappa shape index (κ2) is 7.52. The summed E-state index contributed by atoms with van der Waals surface area (Å²) in [4.78, 5) is 4.58. The lowest BCUT2D eigenvalue weighted by atomic mass is 10.0. The molecule has 1 aliphatic rings. The Hall–Kier alpha value is -2.29. The van der Waals surface area contributed by atoms with Gasteiger partial charge in [0.1, 0.15) is 11.6 Å². The highest BCUT2D eigenvalue weighted by Crippen LogP contribution is 2.32. The van der Waals surface area contributed by atoms with E-state index in [1.807, 2.05) is 0 Å². The average molecular weight is 325 g/mol. The molecule has 0 aliphatic carbocycles. The topological polar surface area (TPSA) is 12.4 Å².